The fraction of sp³-hybridized carbons (Fsp3) is 0.643. The Morgan fingerprint density at radius 3 is 2.40 bits per heavy atom. The van der Waals surface area contributed by atoms with Crippen LogP contribution in [0.25, 0.3) is 0 Å². The molecule has 1 nitrogen and oxygen atoms in total. The molecule has 0 radical (unpaired) electrons. The molecule has 1 heteroatoms. The van der Waals surface area contributed by atoms with E-state index in [9.17, 15) is 0 Å². The van der Waals surface area contributed by atoms with E-state index in [0.29, 0.717) is 17.8 Å². The molecule has 0 N–H and O–H groups in total. The average Bonchev–Trinajstić information content (AvgIpc) is 2.24. The van der Waals surface area contributed by atoms with Crippen LogP contribution >= 0.6 is 0 Å². The Morgan fingerprint density at radius 1 is 1.33 bits per heavy atom. The van der Waals surface area contributed by atoms with Crippen molar-refractivity contribution in [1.82, 2.24) is 0 Å². The maximum Gasteiger partial charge on any atom is 0.0273 e. The summed E-state index contributed by atoms with van der Waals surface area (Å²) in [5.74, 6) is 1.70. The first kappa shape index (κ1) is 14.2. The number of allylic oxidation sites excluding steroid dienone is 4. The Balaban J connectivity index is 0.000000921. The zero-order chi connectivity index (χ0) is 11.8. The highest BCUT2D eigenvalue weighted by atomic mass is 14.6. The van der Waals surface area contributed by atoms with E-state index in [-0.39, 0.29) is 0 Å². The van der Waals surface area contributed by atoms with E-state index < -0.39 is 0 Å². The molecule has 0 saturated heterocycles. The van der Waals surface area contributed by atoms with E-state index in [1.165, 1.54) is 5.57 Å². The van der Waals surface area contributed by atoms with Gasteiger partial charge in [-0.1, -0.05) is 52.8 Å². The van der Waals surface area contributed by atoms with Gasteiger partial charge in [-0.05, 0) is 17.4 Å². The Hall–Kier alpha value is -0.850. The first-order chi connectivity index (χ1) is 7.15. The van der Waals surface area contributed by atoms with Crippen LogP contribution in [0.5, 0.6) is 0 Å². The number of rotatable bonds is 2. The summed E-state index contributed by atoms with van der Waals surface area (Å²) in [5.41, 5.74) is 1.43. The van der Waals surface area contributed by atoms with E-state index in [4.69, 9.17) is 0 Å². The van der Waals surface area contributed by atoms with Crippen molar-refractivity contribution in [2.75, 3.05) is 7.05 Å². The van der Waals surface area contributed by atoms with Crippen LogP contribution in [-0.4, -0.2) is 13.3 Å². The van der Waals surface area contributed by atoms with Crippen molar-refractivity contribution in [2.45, 2.75) is 34.6 Å². The second-order valence-corrected chi connectivity index (χ2v) is 4.02. The largest absolute Gasteiger partial charge is 0.300 e. The molecule has 0 aromatic carbocycles. The topological polar surface area (TPSA) is 12.4 Å². The highest BCUT2D eigenvalue weighted by Gasteiger charge is 2.15. The van der Waals surface area contributed by atoms with Gasteiger partial charge in [-0.25, -0.2) is 0 Å². The van der Waals surface area contributed by atoms with Gasteiger partial charge in [0.2, 0.25) is 0 Å². The molecule has 86 valence electrons. The zero-order valence-electron chi connectivity index (χ0n) is 11.0. The second-order valence-electron chi connectivity index (χ2n) is 4.02. The molecule has 0 bridgehead atoms. The SMILES string of the molecule is CC.CN=CC1C=C(C(C)C)C=CC1C. The molecule has 0 amide bonds. The molecule has 2 unspecified atom stereocenters. The van der Waals surface area contributed by atoms with Crippen LogP contribution in [0.1, 0.15) is 34.6 Å². The third-order valence-electron chi connectivity index (χ3n) is 2.57. The van der Waals surface area contributed by atoms with Crippen molar-refractivity contribution in [2.24, 2.45) is 22.7 Å². The molecule has 1 aliphatic carbocycles. The summed E-state index contributed by atoms with van der Waals surface area (Å²) >= 11 is 0. The van der Waals surface area contributed by atoms with E-state index >= 15 is 0 Å². The van der Waals surface area contributed by atoms with Gasteiger partial charge >= 0.3 is 0 Å². The summed E-state index contributed by atoms with van der Waals surface area (Å²) in [7, 11) is 1.84. The molecule has 0 aromatic rings. The molecule has 0 saturated carbocycles. The van der Waals surface area contributed by atoms with E-state index in [0.717, 1.165) is 0 Å². The minimum absolute atomic E-state index is 0.493. The summed E-state index contributed by atoms with van der Waals surface area (Å²) in [6.07, 6.45) is 8.90. The minimum atomic E-state index is 0.493. The van der Waals surface area contributed by atoms with Gasteiger partial charge in [-0.15, -0.1) is 0 Å². The van der Waals surface area contributed by atoms with Crippen LogP contribution < -0.4 is 0 Å². The van der Waals surface area contributed by atoms with Crippen molar-refractivity contribution in [3.63, 3.8) is 0 Å². The Morgan fingerprint density at radius 2 is 1.93 bits per heavy atom. The highest BCUT2D eigenvalue weighted by Crippen LogP contribution is 2.25. The smallest absolute Gasteiger partial charge is 0.0273 e. The average molecular weight is 207 g/mol. The summed E-state index contributed by atoms with van der Waals surface area (Å²) in [6, 6.07) is 0. The van der Waals surface area contributed by atoms with Crippen LogP contribution in [0, 0.1) is 17.8 Å². The number of nitrogens with zero attached hydrogens (tertiary/aromatic N) is 1. The predicted octanol–water partition coefficient (Wildman–Crippen LogP) is 4.12. The monoisotopic (exact) mass is 207 g/mol. The Labute approximate surface area is 95.0 Å². The molecule has 0 heterocycles. The first-order valence-corrected chi connectivity index (χ1v) is 5.97. The van der Waals surface area contributed by atoms with Crippen LogP contribution in [0.15, 0.2) is 28.8 Å². The Bertz CT molecular complexity index is 246. The third-order valence-corrected chi connectivity index (χ3v) is 2.57. The van der Waals surface area contributed by atoms with Gasteiger partial charge in [-0.2, -0.15) is 0 Å². The molecular weight excluding hydrogens is 182 g/mol. The molecule has 2 atom stereocenters. The van der Waals surface area contributed by atoms with Crippen molar-refractivity contribution in [3.8, 4) is 0 Å². The maximum absolute atomic E-state index is 4.10. The van der Waals surface area contributed by atoms with Gasteiger partial charge in [0.15, 0.2) is 0 Å². The summed E-state index contributed by atoms with van der Waals surface area (Å²) < 4.78 is 0. The van der Waals surface area contributed by atoms with Gasteiger partial charge in [0, 0.05) is 19.2 Å². The lowest BCUT2D eigenvalue weighted by Gasteiger charge is -2.21. The van der Waals surface area contributed by atoms with Gasteiger partial charge in [0.05, 0.1) is 0 Å². The first-order valence-electron chi connectivity index (χ1n) is 5.97. The molecule has 1 rings (SSSR count). The highest BCUT2D eigenvalue weighted by molar-refractivity contribution is 5.65. The van der Waals surface area contributed by atoms with Gasteiger partial charge < -0.3 is 4.99 Å². The second kappa shape index (κ2) is 7.44. The molecule has 1 aliphatic rings. The molecule has 15 heavy (non-hydrogen) atoms. The van der Waals surface area contributed by atoms with Crippen molar-refractivity contribution in [3.05, 3.63) is 23.8 Å². The molecule has 0 fully saturated rings. The van der Waals surface area contributed by atoms with Crippen LogP contribution in [0.2, 0.25) is 0 Å². The molecule has 0 spiro atoms. The maximum atomic E-state index is 4.10. The standard InChI is InChI=1S/C12H19N.C2H6/c1-9(2)11-6-5-10(3)12(7-11)8-13-4;1-2/h5-10,12H,1-4H3;1-2H3. The van der Waals surface area contributed by atoms with E-state index in [2.05, 4.69) is 44.0 Å². The Kier molecular flexibility index (Phi) is 7.02. The van der Waals surface area contributed by atoms with Gasteiger partial charge in [-0.3, -0.25) is 0 Å². The fourth-order valence-electron chi connectivity index (χ4n) is 1.56. The van der Waals surface area contributed by atoms with Crippen LogP contribution in [0.4, 0.5) is 0 Å². The van der Waals surface area contributed by atoms with E-state index in [1.807, 2.05) is 27.1 Å². The number of aliphatic imine (C=N–C) groups is 1. The summed E-state index contributed by atoms with van der Waals surface area (Å²) in [4.78, 5) is 4.10. The normalized spacial score (nSPS) is 25.1. The molecule has 0 aliphatic heterocycles. The number of hydrogen-bond acceptors (Lipinski definition) is 1. The predicted molar refractivity (Wildman–Crippen MR) is 70.5 cm³/mol. The zero-order valence-corrected chi connectivity index (χ0v) is 11.0. The molecule has 0 aromatic heterocycles. The fourth-order valence-corrected chi connectivity index (χ4v) is 1.56. The van der Waals surface area contributed by atoms with Crippen LogP contribution in [0.3, 0.4) is 0 Å². The summed E-state index contributed by atoms with van der Waals surface area (Å²) in [5, 5.41) is 0. The molecular formula is C14H25N. The lowest BCUT2D eigenvalue weighted by molar-refractivity contribution is 0.623. The lowest BCUT2D eigenvalue weighted by Crippen LogP contribution is -2.13. The lowest BCUT2D eigenvalue weighted by atomic mass is 9.85. The van der Waals surface area contributed by atoms with Crippen molar-refractivity contribution < 1.29 is 0 Å². The van der Waals surface area contributed by atoms with Gasteiger partial charge in [0.1, 0.15) is 0 Å². The van der Waals surface area contributed by atoms with Crippen LogP contribution in [-0.2, 0) is 0 Å². The minimum Gasteiger partial charge on any atom is -0.300 e. The van der Waals surface area contributed by atoms with E-state index in [1.54, 1.807) is 0 Å². The summed E-state index contributed by atoms with van der Waals surface area (Å²) in [6.45, 7) is 10.7. The quantitative estimate of drug-likeness (QED) is 0.604. The van der Waals surface area contributed by atoms with Gasteiger partial charge in [0.25, 0.3) is 0 Å². The third kappa shape index (κ3) is 4.46. The van der Waals surface area contributed by atoms with Crippen molar-refractivity contribution >= 4 is 6.21 Å². The number of hydrogen-bond donors (Lipinski definition) is 0. The van der Waals surface area contributed by atoms with Crippen molar-refractivity contribution in [1.29, 1.82) is 0 Å².